The zero-order valence-electron chi connectivity index (χ0n) is 18.9. The molecule has 3 rings (SSSR count). The van der Waals surface area contributed by atoms with Gasteiger partial charge in [-0.2, -0.15) is 0 Å². The van der Waals surface area contributed by atoms with Crippen molar-refractivity contribution in [3.63, 3.8) is 0 Å². The van der Waals surface area contributed by atoms with E-state index in [1.807, 2.05) is 18.2 Å². The first-order valence-corrected chi connectivity index (χ1v) is 10.3. The molecule has 1 N–H and O–H groups in total. The molecule has 4 heteroatoms. The normalized spacial score (nSPS) is 16.6. The number of hydrogen-bond acceptors (Lipinski definition) is 3. The third-order valence-corrected chi connectivity index (χ3v) is 6.33. The van der Waals surface area contributed by atoms with E-state index in [9.17, 15) is 9.90 Å². The van der Waals surface area contributed by atoms with Crippen molar-refractivity contribution in [2.45, 2.75) is 58.3 Å². The molecule has 0 fully saturated rings. The molecular formula is C26H32O4. The predicted octanol–water partition coefficient (Wildman–Crippen LogP) is 6.09. The lowest BCUT2D eigenvalue weighted by Gasteiger charge is -2.44. The van der Waals surface area contributed by atoms with Crippen LogP contribution < -0.4 is 4.74 Å². The van der Waals surface area contributed by atoms with Crippen LogP contribution in [0.15, 0.2) is 36.9 Å². The number of aryl methyl sites for hydroxylation is 1. The first-order valence-electron chi connectivity index (χ1n) is 10.3. The zero-order chi connectivity index (χ0) is 22.3. The summed E-state index contributed by atoms with van der Waals surface area (Å²) in [5, 5.41) is 9.41. The van der Waals surface area contributed by atoms with E-state index in [2.05, 4.69) is 47.3 Å². The maximum atomic E-state index is 11.5. The van der Waals surface area contributed by atoms with Crippen LogP contribution in [0, 0.1) is 6.92 Å². The molecule has 0 atom stereocenters. The lowest BCUT2D eigenvalue weighted by atomic mass is 9.61. The fourth-order valence-corrected chi connectivity index (χ4v) is 4.49. The van der Waals surface area contributed by atoms with Crippen molar-refractivity contribution in [1.29, 1.82) is 0 Å². The van der Waals surface area contributed by atoms with E-state index in [-0.39, 0.29) is 23.2 Å². The highest BCUT2D eigenvalue weighted by atomic mass is 16.7. The van der Waals surface area contributed by atoms with Gasteiger partial charge in [0.1, 0.15) is 5.75 Å². The molecule has 0 aromatic heterocycles. The Morgan fingerprint density at radius 1 is 1.13 bits per heavy atom. The van der Waals surface area contributed by atoms with Crippen LogP contribution in [0.3, 0.4) is 0 Å². The van der Waals surface area contributed by atoms with Gasteiger partial charge in [0.2, 0.25) is 0 Å². The maximum Gasteiger partial charge on any atom is 0.335 e. The van der Waals surface area contributed by atoms with Gasteiger partial charge in [0.25, 0.3) is 0 Å². The molecule has 0 radical (unpaired) electrons. The molecule has 2 aromatic carbocycles. The molecule has 0 saturated heterocycles. The first-order chi connectivity index (χ1) is 14.0. The molecule has 0 aliphatic heterocycles. The Kier molecular flexibility index (Phi) is 5.83. The molecule has 160 valence electrons. The quantitative estimate of drug-likeness (QED) is 0.464. The van der Waals surface area contributed by atoms with Crippen LogP contribution in [0.4, 0.5) is 0 Å². The van der Waals surface area contributed by atoms with Gasteiger partial charge < -0.3 is 14.6 Å². The van der Waals surface area contributed by atoms with Gasteiger partial charge in [-0.05, 0) is 64.5 Å². The van der Waals surface area contributed by atoms with Crippen molar-refractivity contribution < 1.29 is 19.4 Å². The second-order valence-electron chi connectivity index (χ2n) is 9.50. The van der Waals surface area contributed by atoms with Crippen LogP contribution in [0.2, 0.25) is 0 Å². The molecule has 0 heterocycles. The summed E-state index contributed by atoms with van der Waals surface area (Å²) in [6, 6.07) is 9.85. The van der Waals surface area contributed by atoms with Gasteiger partial charge in [-0.15, -0.1) is 0 Å². The Bertz CT molecular complexity index is 998. The first kappa shape index (κ1) is 22.1. The van der Waals surface area contributed by atoms with Crippen molar-refractivity contribution in [3.8, 4) is 16.9 Å². The molecule has 4 nitrogen and oxygen atoms in total. The number of methoxy groups -OCH3 is 1. The van der Waals surface area contributed by atoms with Gasteiger partial charge in [-0.25, -0.2) is 4.79 Å². The van der Waals surface area contributed by atoms with Crippen LogP contribution >= 0.6 is 0 Å². The van der Waals surface area contributed by atoms with Gasteiger partial charge >= 0.3 is 5.97 Å². The van der Waals surface area contributed by atoms with E-state index in [0.29, 0.717) is 5.56 Å². The predicted molar refractivity (Wildman–Crippen MR) is 121 cm³/mol. The third kappa shape index (κ3) is 3.89. The number of fused-ring (bicyclic) bond motifs is 1. The fraction of sp³-hybridized carbons (Fsp3) is 0.423. The lowest BCUT2D eigenvalue weighted by molar-refractivity contribution is -0.130. The zero-order valence-corrected chi connectivity index (χ0v) is 18.9. The lowest BCUT2D eigenvalue weighted by Crippen LogP contribution is -2.35. The minimum absolute atomic E-state index is 0.0428. The largest absolute Gasteiger partial charge is 0.478 e. The Labute approximate surface area is 179 Å². The summed E-state index contributed by atoms with van der Waals surface area (Å²) in [4.78, 5) is 11.5. The Morgan fingerprint density at radius 2 is 1.80 bits per heavy atom. The molecule has 0 bridgehead atoms. The standard InChI is InChI=1S/C26H32O4/c1-16-13-20-22(26(5,6)12-11-25(20,3)4)21(23(16)30-15-29-7)19-10-8-9-18(14-19)17(2)24(27)28/h8-10,13-14H,2,11-12,15H2,1,3-7H3,(H,27,28). The molecule has 0 unspecified atom stereocenters. The highest BCUT2D eigenvalue weighted by Gasteiger charge is 2.40. The highest BCUT2D eigenvalue weighted by Crippen LogP contribution is 2.53. The number of aliphatic carboxylic acids is 1. The van der Waals surface area contributed by atoms with E-state index in [1.165, 1.54) is 11.1 Å². The SMILES string of the molecule is C=C(C(=O)O)c1cccc(-c2c(OCOC)c(C)cc3c2C(C)(C)CCC3(C)C)c1. The number of hydrogen-bond donors (Lipinski definition) is 1. The second-order valence-corrected chi connectivity index (χ2v) is 9.50. The summed E-state index contributed by atoms with van der Waals surface area (Å²) >= 11 is 0. The molecule has 1 aliphatic carbocycles. The van der Waals surface area contributed by atoms with Gasteiger partial charge in [0.05, 0.1) is 5.57 Å². The van der Waals surface area contributed by atoms with Crippen molar-refractivity contribution in [2.75, 3.05) is 13.9 Å². The highest BCUT2D eigenvalue weighted by molar-refractivity contribution is 6.14. The fourth-order valence-electron chi connectivity index (χ4n) is 4.49. The van der Waals surface area contributed by atoms with E-state index in [0.717, 1.165) is 35.3 Å². The maximum absolute atomic E-state index is 11.5. The van der Waals surface area contributed by atoms with Crippen LogP contribution in [-0.2, 0) is 20.4 Å². The minimum Gasteiger partial charge on any atom is -0.478 e. The van der Waals surface area contributed by atoms with Gasteiger partial charge in [0, 0.05) is 12.7 Å². The van der Waals surface area contributed by atoms with Crippen LogP contribution in [0.25, 0.3) is 16.7 Å². The smallest absolute Gasteiger partial charge is 0.335 e. The molecule has 2 aromatic rings. The van der Waals surface area contributed by atoms with E-state index in [1.54, 1.807) is 13.2 Å². The van der Waals surface area contributed by atoms with Crippen molar-refractivity contribution in [3.05, 3.63) is 59.2 Å². The van der Waals surface area contributed by atoms with E-state index >= 15 is 0 Å². The molecule has 0 saturated carbocycles. The molecule has 30 heavy (non-hydrogen) atoms. The van der Waals surface area contributed by atoms with Crippen LogP contribution in [0.5, 0.6) is 5.75 Å². The number of carbonyl (C=O) groups is 1. The van der Waals surface area contributed by atoms with Gasteiger partial charge in [-0.1, -0.05) is 58.5 Å². The van der Waals surface area contributed by atoms with Crippen molar-refractivity contribution in [2.24, 2.45) is 0 Å². The van der Waals surface area contributed by atoms with Crippen molar-refractivity contribution in [1.82, 2.24) is 0 Å². The second kappa shape index (κ2) is 7.92. The van der Waals surface area contributed by atoms with E-state index in [4.69, 9.17) is 9.47 Å². The number of carboxylic acid groups (broad SMARTS) is 1. The Hall–Kier alpha value is -2.59. The summed E-state index contributed by atoms with van der Waals surface area (Å²) in [5.41, 5.74) is 6.30. The minimum atomic E-state index is -1.02. The monoisotopic (exact) mass is 408 g/mol. The van der Waals surface area contributed by atoms with Crippen LogP contribution in [-0.4, -0.2) is 25.0 Å². The topological polar surface area (TPSA) is 55.8 Å². The molecule has 0 amide bonds. The molecule has 1 aliphatic rings. The van der Waals surface area contributed by atoms with E-state index < -0.39 is 5.97 Å². The number of carboxylic acids is 1. The Balaban J connectivity index is 2.37. The molecular weight excluding hydrogens is 376 g/mol. The summed E-state index contributed by atoms with van der Waals surface area (Å²) in [6.45, 7) is 15.1. The number of ether oxygens (including phenoxy) is 2. The summed E-state index contributed by atoms with van der Waals surface area (Å²) < 4.78 is 11.3. The van der Waals surface area contributed by atoms with Crippen LogP contribution in [0.1, 0.15) is 62.8 Å². The summed E-state index contributed by atoms with van der Waals surface area (Å²) in [7, 11) is 1.61. The average Bonchev–Trinajstić information content (AvgIpc) is 2.69. The molecule has 0 spiro atoms. The van der Waals surface area contributed by atoms with Gasteiger partial charge in [0.15, 0.2) is 6.79 Å². The average molecular weight is 409 g/mol. The Morgan fingerprint density at radius 3 is 2.43 bits per heavy atom. The number of rotatable bonds is 6. The summed E-state index contributed by atoms with van der Waals surface area (Å²) in [6.07, 6.45) is 2.17. The number of benzene rings is 2. The van der Waals surface area contributed by atoms with Crippen molar-refractivity contribution >= 4 is 11.5 Å². The van der Waals surface area contributed by atoms with Gasteiger partial charge in [-0.3, -0.25) is 0 Å². The third-order valence-electron chi connectivity index (χ3n) is 6.33. The summed E-state index contributed by atoms with van der Waals surface area (Å²) in [5.74, 6) is -0.227.